The molecule has 3 rings (SSSR count). The lowest BCUT2D eigenvalue weighted by atomic mass is 9.84. The van der Waals surface area contributed by atoms with E-state index < -0.39 is 0 Å². The minimum absolute atomic E-state index is 0.0728. The van der Waals surface area contributed by atoms with Crippen molar-refractivity contribution in [2.45, 2.75) is 71.0 Å². The SMILES string of the molecule is CCn1nc(C)cc1CC(=O)C1CC2CCCCC2N1. The number of hydrogen-bond acceptors (Lipinski definition) is 3. The van der Waals surface area contributed by atoms with Crippen LogP contribution in [0.25, 0.3) is 0 Å². The second-order valence-corrected chi connectivity index (χ2v) is 6.34. The summed E-state index contributed by atoms with van der Waals surface area (Å²) in [5.74, 6) is 1.07. The number of aryl methyl sites for hydroxylation is 2. The van der Waals surface area contributed by atoms with E-state index in [1.165, 1.54) is 25.7 Å². The molecule has 0 aromatic carbocycles. The summed E-state index contributed by atoms with van der Waals surface area (Å²) in [5, 5.41) is 8.00. The van der Waals surface area contributed by atoms with Gasteiger partial charge in [0.05, 0.1) is 18.2 Å². The first-order valence-corrected chi connectivity index (χ1v) is 7.99. The van der Waals surface area contributed by atoms with Crippen molar-refractivity contribution in [3.63, 3.8) is 0 Å². The van der Waals surface area contributed by atoms with E-state index >= 15 is 0 Å². The number of fused-ring (bicyclic) bond motifs is 1. The fourth-order valence-electron chi connectivity index (χ4n) is 3.88. The fraction of sp³-hybridized carbons (Fsp3) is 0.750. The maximum Gasteiger partial charge on any atom is 0.155 e. The molecule has 0 bridgehead atoms. The molecule has 1 aliphatic heterocycles. The second kappa shape index (κ2) is 5.68. The molecule has 0 radical (unpaired) electrons. The van der Waals surface area contributed by atoms with Crippen molar-refractivity contribution < 1.29 is 4.79 Å². The lowest BCUT2D eigenvalue weighted by Gasteiger charge is -2.24. The molecule has 0 spiro atoms. The maximum absolute atomic E-state index is 12.5. The zero-order valence-electron chi connectivity index (χ0n) is 12.6. The van der Waals surface area contributed by atoms with Gasteiger partial charge in [0.2, 0.25) is 0 Å². The molecule has 20 heavy (non-hydrogen) atoms. The minimum atomic E-state index is 0.0728. The molecule has 1 aromatic heterocycles. The van der Waals surface area contributed by atoms with Crippen LogP contribution in [-0.2, 0) is 17.8 Å². The van der Waals surface area contributed by atoms with Crippen LogP contribution in [0.2, 0.25) is 0 Å². The summed E-state index contributed by atoms with van der Waals surface area (Å²) in [6, 6.07) is 2.71. The van der Waals surface area contributed by atoms with Crippen molar-refractivity contribution in [3.05, 3.63) is 17.5 Å². The Bertz CT molecular complexity index is 480. The predicted octanol–water partition coefficient (Wildman–Crippen LogP) is 2.24. The van der Waals surface area contributed by atoms with Gasteiger partial charge in [-0.15, -0.1) is 0 Å². The van der Waals surface area contributed by atoms with Crippen LogP contribution in [0.15, 0.2) is 6.07 Å². The third-order valence-electron chi connectivity index (χ3n) is 4.89. The summed E-state index contributed by atoms with van der Waals surface area (Å²) in [4.78, 5) is 12.5. The molecule has 4 nitrogen and oxygen atoms in total. The van der Waals surface area contributed by atoms with E-state index in [-0.39, 0.29) is 6.04 Å². The quantitative estimate of drug-likeness (QED) is 0.916. The molecule has 3 atom stereocenters. The highest BCUT2D eigenvalue weighted by molar-refractivity contribution is 5.86. The van der Waals surface area contributed by atoms with E-state index in [0.717, 1.165) is 30.3 Å². The van der Waals surface area contributed by atoms with Crippen molar-refractivity contribution in [1.82, 2.24) is 15.1 Å². The number of Topliss-reactive ketones (excluding diaryl/α,β-unsaturated/α-hetero) is 1. The monoisotopic (exact) mass is 275 g/mol. The standard InChI is InChI=1S/C16H25N3O/c1-3-19-13(8-11(2)18-19)10-16(20)15-9-12-6-4-5-7-14(12)17-15/h8,12,14-15,17H,3-7,9-10H2,1-2H3. The van der Waals surface area contributed by atoms with Crippen LogP contribution in [-0.4, -0.2) is 27.6 Å². The first-order valence-electron chi connectivity index (χ1n) is 7.99. The Morgan fingerprint density at radius 2 is 2.25 bits per heavy atom. The normalized spacial score (nSPS) is 29.4. The molecule has 3 unspecified atom stereocenters. The van der Waals surface area contributed by atoms with Gasteiger partial charge >= 0.3 is 0 Å². The summed E-state index contributed by atoms with van der Waals surface area (Å²) in [6.45, 7) is 4.89. The Kier molecular flexibility index (Phi) is 3.92. The van der Waals surface area contributed by atoms with Gasteiger partial charge in [0.1, 0.15) is 0 Å². The van der Waals surface area contributed by atoms with E-state index in [9.17, 15) is 4.79 Å². The van der Waals surface area contributed by atoms with Crippen LogP contribution in [0.4, 0.5) is 0 Å². The Morgan fingerprint density at radius 1 is 1.45 bits per heavy atom. The number of ketones is 1. The number of aromatic nitrogens is 2. The molecular weight excluding hydrogens is 250 g/mol. The van der Waals surface area contributed by atoms with Crippen LogP contribution >= 0.6 is 0 Å². The van der Waals surface area contributed by atoms with Gasteiger partial charge < -0.3 is 5.32 Å². The molecule has 2 heterocycles. The third kappa shape index (κ3) is 2.66. The average molecular weight is 275 g/mol. The number of nitrogens with zero attached hydrogens (tertiary/aromatic N) is 2. The van der Waals surface area contributed by atoms with Crippen LogP contribution in [0.5, 0.6) is 0 Å². The van der Waals surface area contributed by atoms with Gasteiger partial charge in [0, 0.05) is 18.3 Å². The van der Waals surface area contributed by atoms with Crippen molar-refractivity contribution in [3.8, 4) is 0 Å². The lowest BCUT2D eigenvalue weighted by molar-refractivity contribution is -0.120. The molecule has 1 saturated carbocycles. The van der Waals surface area contributed by atoms with E-state index in [0.29, 0.717) is 18.2 Å². The zero-order chi connectivity index (χ0) is 14.1. The van der Waals surface area contributed by atoms with Crippen molar-refractivity contribution >= 4 is 5.78 Å². The molecule has 1 aliphatic carbocycles. The topological polar surface area (TPSA) is 46.9 Å². The lowest BCUT2D eigenvalue weighted by Crippen LogP contribution is -2.38. The van der Waals surface area contributed by atoms with Gasteiger partial charge in [-0.05, 0) is 45.1 Å². The maximum atomic E-state index is 12.5. The van der Waals surface area contributed by atoms with Crippen LogP contribution in [0, 0.1) is 12.8 Å². The molecule has 2 aliphatic rings. The van der Waals surface area contributed by atoms with Crippen molar-refractivity contribution in [2.75, 3.05) is 0 Å². The second-order valence-electron chi connectivity index (χ2n) is 6.34. The summed E-state index contributed by atoms with van der Waals surface area (Å²) in [5.41, 5.74) is 2.06. The summed E-state index contributed by atoms with van der Waals surface area (Å²) in [6.07, 6.45) is 6.77. The molecule has 4 heteroatoms. The largest absolute Gasteiger partial charge is 0.304 e. The number of rotatable bonds is 4. The van der Waals surface area contributed by atoms with Crippen LogP contribution in [0.1, 0.15) is 50.4 Å². The Morgan fingerprint density at radius 3 is 3.00 bits per heavy atom. The van der Waals surface area contributed by atoms with Gasteiger partial charge in [0.15, 0.2) is 5.78 Å². The highest BCUT2D eigenvalue weighted by atomic mass is 16.1. The zero-order valence-corrected chi connectivity index (χ0v) is 12.6. The van der Waals surface area contributed by atoms with E-state index in [1.54, 1.807) is 0 Å². The first kappa shape index (κ1) is 13.8. The summed E-state index contributed by atoms with van der Waals surface area (Å²) in [7, 11) is 0. The minimum Gasteiger partial charge on any atom is -0.304 e. The number of nitrogens with one attached hydrogen (secondary N) is 1. The van der Waals surface area contributed by atoms with Gasteiger partial charge in [-0.1, -0.05) is 12.8 Å². The number of hydrogen-bond donors (Lipinski definition) is 1. The first-order chi connectivity index (χ1) is 9.67. The summed E-state index contributed by atoms with van der Waals surface area (Å²) < 4.78 is 1.95. The van der Waals surface area contributed by atoms with Gasteiger partial charge in [-0.25, -0.2) is 0 Å². The Labute approximate surface area is 120 Å². The van der Waals surface area contributed by atoms with Crippen molar-refractivity contribution in [2.24, 2.45) is 5.92 Å². The van der Waals surface area contributed by atoms with Gasteiger partial charge in [-0.2, -0.15) is 5.10 Å². The molecular formula is C16H25N3O. The fourth-order valence-corrected chi connectivity index (χ4v) is 3.88. The van der Waals surface area contributed by atoms with Gasteiger partial charge in [-0.3, -0.25) is 9.48 Å². The van der Waals surface area contributed by atoms with E-state index in [4.69, 9.17) is 0 Å². The molecule has 2 fully saturated rings. The highest BCUT2D eigenvalue weighted by Gasteiger charge is 2.38. The molecule has 110 valence electrons. The Balaban J connectivity index is 1.64. The van der Waals surface area contributed by atoms with Crippen LogP contribution < -0.4 is 5.32 Å². The predicted molar refractivity (Wildman–Crippen MR) is 78.6 cm³/mol. The molecule has 0 amide bonds. The van der Waals surface area contributed by atoms with E-state index in [2.05, 4.69) is 17.3 Å². The van der Waals surface area contributed by atoms with E-state index in [1.807, 2.05) is 17.7 Å². The molecule has 1 N–H and O–H groups in total. The third-order valence-corrected chi connectivity index (χ3v) is 4.89. The van der Waals surface area contributed by atoms with Crippen molar-refractivity contribution in [1.29, 1.82) is 0 Å². The Hall–Kier alpha value is -1.16. The molecule has 1 aromatic rings. The highest BCUT2D eigenvalue weighted by Crippen LogP contribution is 2.33. The molecule has 1 saturated heterocycles. The number of carbonyl (C=O) groups excluding carboxylic acids is 1. The van der Waals surface area contributed by atoms with Crippen LogP contribution in [0.3, 0.4) is 0 Å². The smallest absolute Gasteiger partial charge is 0.155 e. The average Bonchev–Trinajstić information content (AvgIpc) is 3.01. The summed E-state index contributed by atoms with van der Waals surface area (Å²) >= 11 is 0. The number of carbonyl (C=O) groups is 1. The van der Waals surface area contributed by atoms with Gasteiger partial charge in [0.25, 0.3) is 0 Å².